The van der Waals surface area contributed by atoms with Crippen LogP contribution in [-0.2, 0) is 0 Å². The van der Waals surface area contributed by atoms with Crippen LogP contribution in [0.15, 0.2) is 6.07 Å². The second kappa shape index (κ2) is 4.40. The van der Waals surface area contributed by atoms with Crippen LogP contribution in [0.3, 0.4) is 0 Å². The van der Waals surface area contributed by atoms with E-state index in [4.69, 9.17) is 9.47 Å². The van der Waals surface area contributed by atoms with Crippen molar-refractivity contribution in [2.24, 2.45) is 0 Å². The molecule has 0 aliphatic rings. The first-order valence-corrected chi connectivity index (χ1v) is 3.90. The topological polar surface area (TPSA) is 73.3 Å². The molecule has 0 unspecified atom stereocenters. The van der Waals surface area contributed by atoms with Gasteiger partial charge in [-0.15, -0.1) is 10.2 Å². The summed E-state index contributed by atoms with van der Waals surface area (Å²) in [5, 5.41) is 9.81. The summed E-state index contributed by atoms with van der Waals surface area (Å²) in [5.74, 6) is 0.143. The predicted molar refractivity (Wildman–Crippen MR) is 48.5 cm³/mol. The minimum Gasteiger partial charge on any atom is -0.480 e. The Morgan fingerprint density at radius 2 is 2.07 bits per heavy atom. The quantitative estimate of drug-likeness (QED) is 0.729. The highest BCUT2D eigenvalue weighted by Crippen LogP contribution is 2.17. The molecule has 1 aromatic rings. The van der Waals surface area contributed by atoms with Gasteiger partial charge < -0.3 is 14.8 Å². The second-order valence-corrected chi connectivity index (χ2v) is 2.39. The summed E-state index contributed by atoms with van der Waals surface area (Å²) in [6.07, 6.45) is 0. The van der Waals surface area contributed by atoms with Gasteiger partial charge in [0.15, 0.2) is 0 Å². The molecule has 0 atom stereocenters. The molecule has 1 amide bonds. The van der Waals surface area contributed by atoms with Crippen LogP contribution in [0.1, 0.15) is 10.4 Å². The van der Waals surface area contributed by atoms with Crippen molar-refractivity contribution in [1.29, 1.82) is 0 Å². The molecule has 0 aliphatic carbocycles. The van der Waals surface area contributed by atoms with E-state index in [0.29, 0.717) is 5.56 Å². The molecule has 1 rings (SSSR count). The molecule has 0 saturated carbocycles. The van der Waals surface area contributed by atoms with Crippen LogP contribution in [0.25, 0.3) is 0 Å². The fourth-order valence-electron chi connectivity index (χ4n) is 0.911. The zero-order valence-electron chi connectivity index (χ0n) is 8.20. The Labute approximate surface area is 81.2 Å². The zero-order chi connectivity index (χ0) is 10.6. The minimum atomic E-state index is -0.296. The van der Waals surface area contributed by atoms with Crippen LogP contribution in [0.4, 0.5) is 0 Å². The zero-order valence-corrected chi connectivity index (χ0v) is 8.20. The lowest BCUT2D eigenvalue weighted by atomic mass is 10.3. The van der Waals surface area contributed by atoms with E-state index in [1.165, 1.54) is 27.3 Å². The second-order valence-electron chi connectivity index (χ2n) is 2.39. The molecule has 1 heterocycles. The van der Waals surface area contributed by atoms with Crippen molar-refractivity contribution in [3.8, 4) is 11.8 Å². The predicted octanol–water partition coefficient (Wildman–Crippen LogP) is -0.147. The normalized spacial score (nSPS) is 9.36. The van der Waals surface area contributed by atoms with E-state index >= 15 is 0 Å². The molecule has 76 valence electrons. The summed E-state index contributed by atoms with van der Waals surface area (Å²) in [5.41, 5.74) is 0.293. The molecule has 0 spiro atoms. The number of carbonyl (C=O) groups excluding carboxylic acids is 1. The summed E-state index contributed by atoms with van der Waals surface area (Å²) in [4.78, 5) is 11.3. The number of nitrogens with one attached hydrogen (secondary N) is 1. The van der Waals surface area contributed by atoms with E-state index < -0.39 is 0 Å². The third-order valence-electron chi connectivity index (χ3n) is 1.61. The first kappa shape index (κ1) is 10.2. The summed E-state index contributed by atoms with van der Waals surface area (Å²) >= 11 is 0. The van der Waals surface area contributed by atoms with E-state index in [1.807, 2.05) is 0 Å². The number of nitrogens with zero attached hydrogens (tertiary/aromatic N) is 2. The van der Waals surface area contributed by atoms with Gasteiger partial charge in [-0.25, -0.2) is 0 Å². The smallest absolute Gasteiger partial charge is 0.256 e. The average Bonchev–Trinajstić information content (AvgIpc) is 2.27. The molecule has 6 nitrogen and oxygen atoms in total. The van der Waals surface area contributed by atoms with Crippen LogP contribution in [0.5, 0.6) is 11.8 Å². The molecular weight excluding hydrogens is 186 g/mol. The van der Waals surface area contributed by atoms with Crippen LogP contribution < -0.4 is 14.8 Å². The summed E-state index contributed by atoms with van der Waals surface area (Å²) < 4.78 is 9.72. The molecule has 0 aliphatic heterocycles. The van der Waals surface area contributed by atoms with Gasteiger partial charge in [0.25, 0.3) is 5.91 Å². The van der Waals surface area contributed by atoms with Gasteiger partial charge in [0.2, 0.25) is 11.8 Å². The van der Waals surface area contributed by atoms with E-state index in [0.717, 1.165) is 0 Å². The van der Waals surface area contributed by atoms with Crippen molar-refractivity contribution < 1.29 is 14.3 Å². The van der Waals surface area contributed by atoms with Crippen LogP contribution in [0.2, 0.25) is 0 Å². The number of amides is 1. The molecule has 6 heteroatoms. The molecule has 0 saturated heterocycles. The first-order chi connectivity index (χ1) is 6.72. The Hall–Kier alpha value is -1.85. The van der Waals surface area contributed by atoms with Gasteiger partial charge in [0.05, 0.1) is 14.2 Å². The molecule has 1 N–H and O–H groups in total. The van der Waals surface area contributed by atoms with E-state index in [9.17, 15) is 4.79 Å². The van der Waals surface area contributed by atoms with Gasteiger partial charge in [0.1, 0.15) is 5.56 Å². The Morgan fingerprint density at radius 3 is 2.57 bits per heavy atom. The molecule has 14 heavy (non-hydrogen) atoms. The summed E-state index contributed by atoms with van der Waals surface area (Å²) in [6.45, 7) is 0. The Kier molecular flexibility index (Phi) is 3.22. The Bertz CT molecular complexity index is 341. The molecule has 0 bridgehead atoms. The SMILES string of the molecule is CNC(=O)c1cc(OC)nnc1OC. The fraction of sp³-hybridized carbons (Fsp3) is 0.375. The third kappa shape index (κ3) is 1.90. The van der Waals surface area contributed by atoms with E-state index in [2.05, 4.69) is 15.5 Å². The lowest BCUT2D eigenvalue weighted by molar-refractivity contribution is 0.0958. The minimum absolute atomic E-state index is 0.171. The highest BCUT2D eigenvalue weighted by atomic mass is 16.5. The summed E-state index contributed by atoms with van der Waals surface area (Å²) in [7, 11) is 4.39. The van der Waals surface area contributed by atoms with Crippen LogP contribution >= 0.6 is 0 Å². The van der Waals surface area contributed by atoms with Gasteiger partial charge in [-0.05, 0) is 0 Å². The van der Waals surface area contributed by atoms with Crippen molar-refractivity contribution in [3.05, 3.63) is 11.6 Å². The van der Waals surface area contributed by atoms with Crippen molar-refractivity contribution in [1.82, 2.24) is 15.5 Å². The van der Waals surface area contributed by atoms with Crippen molar-refractivity contribution in [2.75, 3.05) is 21.3 Å². The van der Waals surface area contributed by atoms with Crippen molar-refractivity contribution in [2.45, 2.75) is 0 Å². The number of methoxy groups -OCH3 is 2. The number of rotatable bonds is 3. The lowest BCUT2D eigenvalue weighted by Crippen LogP contribution is -2.19. The van der Waals surface area contributed by atoms with E-state index in [-0.39, 0.29) is 17.7 Å². The number of ether oxygens (including phenoxy) is 2. The maximum Gasteiger partial charge on any atom is 0.256 e. The highest BCUT2D eigenvalue weighted by Gasteiger charge is 2.14. The molecular formula is C8H11N3O3. The lowest BCUT2D eigenvalue weighted by Gasteiger charge is -2.06. The average molecular weight is 197 g/mol. The number of aromatic nitrogens is 2. The molecule has 0 fully saturated rings. The Balaban J connectivity index is 3.14. The molecule has 0 radical (unpaired) electrons. The highest BCUT2D eigenvalue weighted by molar-refractivity contribution is 5.96. The Morgan fingerprint density at radius 1 is 1.36 bits per heavy atom. The standard InChI is InChI=1S/C8H11N3O3/c1-9-7(12)5-4-6(13-2)10-11-8(5)14-3/h4H,1-3H3,(H,9,12). The van der Waals surface area contributed by atoms with Crippen LogP contribution in [-0.4, -0.2) is 37.4 Å². The fourth-order valence-corrected chi connectivity index (χ4v) is 0.911. The van der Waals surface area contributed by atoms with Gasteiger partial charge >= 0.3 is 0 Å². The molecule has 1 aromatic heterocycles. The van der Waals surface area contributed by atoms with Gasteiger partial charge in [-0.3, -0.25) is 4.79 Å². The van der Waals surface area contributed by atoms with Gasteiger partial charge in [-0.2, -0.15) is 0 Å². The van der Waals surface area contributed by atoms with E-state index in [1.54, 1.807) is 0 Å². The van der Waals surface area contributed by atoms with Gasteiger partial charge in [0, 0.05) is 13.1 Å². The number of carbonyl (C=O) groups is 1. The largest absolute Gasteiger partial charge is 0.480 e. The number of hydrogen-bond acceptors (Lipinski definition) is 5. The molecule has 0 aromatic carbocycles. The first-order valence-electron chi connectivity index (χ1n) is 3.90. The van der Waals surface area contributed by atoms with Crippen molar-refractivity contribution in [3.63, 3.8) is 0 Å². The maximum atomic E-state index is 11.3. The van der Waals surface area contributed by atoms with Gasteiger partial charge in [-0.1, -0.05) is 0 Å². The third-order valence-corrected chi connectivity index (χ3v) is 1.61. The number of hydrogen-bond donors (Lipinski definition) is 1. The van der Waals surface area contributed by atoms with Crippen molar-refractivity contribution >= 4 is 5.91 Å². The monoisotopic (exact) mass is 197 g/mol. The maximum absolute atomic E-state index is 11.3. The summed E-state index contributed by atoms with van der Waals surface area (Å²) in [6, 6.07) is 1.46. The van der Waals surface area contributed by atoms with Crippen LogP contribution in [0, 0.1) is 0 Å².